The van der Waals surface area contributed by atoms with Crippen LogP contribution in [-0.2, 0) is 4.79 Å². The molecular formula is C19H27N3O3. The molecule has 0 spiro atoms. The van der Waals surface area contributed by atoms with Gasteiger partial charge in [0.15, 0.2) is 11.5 Å². The summed E-state index contributed by atoms with van der Waals surface area (Å²) >= 11 is 0. The topological polar surface area (TPSA) is 54.0 Å². The van der Waals surface area contributed by atoms with Gasteiger partial charge in [0.2, 0.25) is 5.91 Å². The molecule has 25 heavy (non-hydrogen) atoms. The van der Waals surface area contributed by atoms with Gasteiger partial charge in [0, 0.05) is 32.2 Å². The smallest absolute Gasteiger partial charge is 0.237 e. The van der Waals surface area contributed by atoms with E-state index in [2.05, 4.69) is 34.2 Å². The molecule has 3 heterocycles. The molecule has 6 heteroatoms. The van der Waals surface area contributed by atoms with Crippen LogP contribution in [0.3, 0.4) is 0 Å². The van der Waals surface area contributed by atoms with E-state index in [0.717, 1.165) is 56.1 Å². The number of hydrogen-bond donors (Lipinski definition) is 1. The lowest BCUT2D eigenvalue weighted by molar-refractivity contribution is -0.134. The van der Waals surface area contributed by atoms with Crippen molar-refractivity contribution in [3.8, 4) is 11.5 Å². The summed E-state index contributed by atoms with van der Waals surface area (Å²) in [5, 5.41) is 3.38. The predicted molar refractivity (Wildman–Crippen MR) is 95.0 cm³/mol. The molecule has 2 saturated heterocycles. The first-order valence-electron chi connectivity index (χ1n) is 9.36. The van der Waals surface area contributed by atoms with Crippen molar-refractivity contribution < 1.29 is 14.3 Å². The fourth-order valence-electron chi connectivity index (χ4n) is 4.06. The van der Waals surface area contributed by atoms with Gasteiger partial charge in [-0.15, -0.1) is 0 Å². The van der Waals surface area contributed by atoms with Crippen LogP contribution < -0.4 is 14.8 Å². The highest BCUT2D eigenvalue weighted by Crippen LogP contribution is 2.38. The molecule has 0 aromatic heterocycles. The van der Waals surface area contributed by atoms with E-state index < -0.39 is 0 Å². The zero-order valence-corrected chi connectivity index (χ0v) is 14.9. The molecule has 1 aromatic carbocycles. The van der Waals surface area contributed by atoms with E-state index in [1.54, 1.807) is 0 Å². The third-order valence-corrected chi connectivity index (χ3v) is 5.50. The summed E-state index contributed by atoms with van der Waals surface area (Å²) in [4.78, 5) is 17.3. The van der Waals surface area contributed by atoms with Crippen molar-refractivity contribution in [1.29, 1.82) is 0 Å². The summed E-state index contributed by atoms with van der Waals surface area (Å²) in [6, 6.07) is 6.67. The minimum atomic E-state index is 0.154. The van der Waals surface area contributed by atoms with Gasteiger partial charge in [-0.05, 0) is 37.5 Å². The Kier molecular flexibility index (Phi) is 4.81. The predicted octanol–water partition coefficient (Wildman–Crippen LogP) is 1.42. The Morgan fingerprint density at radius 2 is 2.08 bits per heavy atom. The fraction of sp³-hybridized carbons (Fsp3) is 0.632. The molecule has 3 aliphatic heterocycles. The van der Waals surface area contributed by atoms with Gasteiger partial charge in [-0.3, -0.25) is 9.69 Å². The van der Waals surface area contributed by atoms with Crippen molar-refractivity contribution in [3.05, 3.63) is 23.8 Å². The number of nitrogens with zero attached hydrogens (tertiary/aromatic N) is 2. The van der Waals surface area contributed by atoms with Crippen molar-refractivity contribution in [1.82, 2.24) is 15.1 Å². The number of carbonyl (C=O) groups is 1. The molecule has 1 amide bonds. The Labute approximate surface area is 149 Å². The normalized spacial score (nSPS) is 26.7. The highest BCUT2D eigenvalue weighted by Gasteiger charge is 2.32. The molecule has 2 atom stereocenters. The Morgan fingerprint density at radius 1 is 1.24 bits per heavy atom. The van der Waals surface area contributed by atoms with Crippen LogP contribution in [0.4, 0.5) is 0 Å². The first-order valence-corrected chi connectivity index (χ1v) is 9.36. The van der Waals surface area contributed by atoms with Crippen LogP contribution in [0.1, 0.15) is 31.4 Å². The molecule has 4 rings (SSSR count). The average molecular weight is 345 g/mol. The molecule has 1 unspecified atom stereocenters. The number of ether oxygens (including phenoxy) is 2. The van der Waals surface area contributed by atoms with E-state index in [-0.39, 0.29) is 11.9 Å². The van der Waals surface area contributed by atoms with Crippen LogP contribution >= 0.6 is 0 Å². The van der Waals surface area contributed by atoms with Gasteiger partial charge in [-0.25, -0.2) is 0 Å². The summed E-state index contributed by atoms with van der Waals surface area (Å²) in [7, 11) is 0. The van der Waals surface area contributed by atoms with Crippen LogP contribution in [0.5, 0.6) is 11.5 Å². The molecule has 136 valence electrons. The van der Waals surface area contributed by atoms with Gasteiger partial charge in [-0.2, -0.15) is 0 Å². The molecule has 0 radical (unpaired) electrons. The lowest BCUT2D eigenvalue weighted by Gasteiger charge is -2.35. The molecule has 6 nitrogen and oxygen atoms in total. The number of hydrogen-bond acceptors (Lipinski definition) is 5. The maximum Gasteiger partial charge on any atom is 0.237 e. The average Bonchev–Trinajstić information content (AvgIpc) is 3.13. The molecule has 1 aromatic rings. The van der Waals surface area contributed by atoms with Crippen LogP contribution in [0.25, 0.3) is 0 Å². The largest absolute Gasteiger partial charge is 0.486 e. The Bertz CT molecular complexity index is 636. The number of fused-ring (bicyclic) bond motifs is 1. The highest BCUT2D eigenvalue weighted by molar-refractivity contribution is 5.79. The number of amides is 1. The van der Waals surface area contributed by atoms with Gasteiger partial charge >= 0.3 is 0 Å². The third kappa shape index (κ3) is 3.46. The van der Waals surface area contributed by atoms with Crippen molar-refractivity contribution in [2.24, 2.45) is 0 Å². The zero-order valence-electron chi connectivity index (χ0n) is 14.9. The molecular weight excluding hydrogens is 318 g/mol. The van der Waals surface area contributed by atoms with Crippen LogP contribution in [-0.4, -0.2) is 67.7 Å². The monoisotopic (exact) mass is 345 g/mol. The van der Waals surface area contributed by atoms with Gasteiger partial charge in [0.05, 0.1) is 12.6 Å². The number of nitrogens with one attached hydrogen (secondary N) is 1. The number of carbonyl (C=O) groups excluding carboxylic acids is 1. The third-order valence-electron chi connectivity index (χ3n) is 5.50. The Morgan fingerprint density at radius 3 is 2.92 bits per heavy atom. The maximum atomic E-state index is 12.9. The van der Waals surface area contributed by atoms with Crippen molar-refractivity contribution in [2.45, 2.75) is 31.8 Å². The molecule has 0 saturated carbocycles. The highest BCUT2D eigenvalue weighted by atomic mass is 16.6. The van der Waals surface area contributed by atoms with Crippen LogP contribution in [0.15, 0.2) is 18.2 Å². The summed E-state index contributed by atoms with van der Waals surface area (Å²) in [6.07, 6.45) is 2.07. The Hall–Kier alpha value is -1.79. The van der Waals surface area contributed by atoms with E-state index in [9.17, 15) is 4.79 Å². The minimum Gasteiger partial charge on any atom is -0.486 e. The number of likely N-dealkylation sites (tertiary alicyclic amines) is 1. The van der Waals surface area contributed by atoms with Crippen LogP contribution in [0.2, 0.25) is 0 Å². The summed E-state index contributed by atoms with van der Waals surface area (Å²) < 4.78 is 11.3. The second kappa shape index (κ2) is 7.22. The lowest BCUT2D eigenvalue weighted by Crippen LogP contribution is -2.53. The molecule has 0 bridgehead atoms. The number of rotatable bonds is 3. The first-order chi connectivity index (χ1) is 12.2. The summed E-state index contributed by atoms with van der Waals surface area (Å²) in [5.74, 6) is 1.85. The van der Waals surface area contributed by atoms with E-state index in [1.807, 2.05) is 6.07 Å². The van der Waals surface area contributed by atoms with E-state index >= 15 is 0 Å². The van der Waals surface area contributed by atoms with Crippen molar-refractivity contribution in [3.63, 3.8) is 0 Å². The molecule has 1 N–H and O–H groups in total. The van der Waals surface area contributed by atoms with E-state index in [0.29, 0.717) is 25.8 Å². The van der Waals surface area contributed by atoms with E-state index in [1.165, 1.54) is 0 Å². The Balaban J connectivity index is 1.47. The van der Waals surface area contributed by atoms with Gasteiger partial charge in [0.1, 0.15) is 13.2 Å². The lowest BCUT2D eigenvalue weighted by atomic mass is 10.0. The maximum absolute atomic E-state index is 12.9. The molecule has 0 aliphatic carbocycles. The standard InChI is InChI=1S/C19H27N3O3/c1-14-12-20-6-8-21(14)13-19(23)22-7-2-3-16(22)15-4-5-17-18(11-15)25-10-9-24-17/h4-5,11,14,16,20H,2-3,6-10,12-13H2,1H3/t14-,16?/m0/s1. The number of piperazine rings is 1. The van der Waals surface area contributed by atoms with E-state index in [4.69, 9.17) is 9.47 Å². The summed E-state index contributed by atoms with van der Waals surface area (Å²) in [6.45, 7) is 7.59. The van der Waals surface area contributed by atoms with Gasteiger partial charge < -0.3 is 19.7 Å². The van der Waals surface area contributed by atoms with Crippen molar-refractivity contribution in [2.75, 3.05) is 45.9 Å². The van der Waals surface area contributed by atoms with Crippen molar-refractivity contribution >= 4 is 5.91 Å². The second-order valence-electron chi connectivity index (χ2n) is 7.17. The fourth-order valence-corrected chi connectivity index (χ4v) is 4.06. The second-order valence-corrected chi connectivity index (χ2v) is 7.17. The first kappa shape index (κ1) is 16.7. The zero-order chi connectivity index (χ0) is 17.2. The quantitative estimate of drug-likeness (QED) is 0.898. The summed E-state index contributed by atoms with van der Waals surface area (Å²) in [5.41, 5.74) is 1.16. The number of benzene rings is 1. The minimum absolute atomic E-state index is 0.154. The molecule has 3 aliphatic rings. The SMILES string of the molecule is C[C@H]1CNCCN1CC(=O)N1CCCC1c1ccc2c(c1)OCCO2. The molecule has 2 fully saturated rings. The van der Waals surface area contributed by atoms with Gasteiger partial charge in [-0.1, -0.05) is 6.07 Å². The van der Waals surface area contributed by atoms with Crippen LogP contribution in [0, 0.1) is 0 Å². The van der Waals surface area contributed by atoms with Gasteiger partial charge in [0.25, 0.3) is 0 Å².